The number of aromatic nitrogens is 1. The fourth-order valence-electron chi connectivity index (χ4n) is 3.25. The number of anilines is 1. The maximum absolute atomic E-state index is 12.8. The SMILES string of the molecule is COc1cccc(COc2cccc(-c3nc(C(=O)Nc4ccc(OC)cc4OC)cs3)c2)c1. The van der Waals surface area contributed by atoms with Gasteiger partial charge in [-0.1, -0.05) is 24.3 Å². The van der Waals surface area contributed by atoms with Crippen LogP contribution < -0.4 is 24.3 Å². The quantitative estimate of drug-likeness (QED) is 0.335. The molecule has 1 amide bonds. The lowest BCUT2D eigenvalue weighted by Gasteiger charge is -2.10. The normalized spacial score (nSPS) is 10.4. The molecule has 0 atom stereocenters. The van der Waals surface area contributed by atoms with Gasteiger partial charge in [0.2, 0.25) is 0 Å². The van der Waals surface area contributed by atoms with Gasteiger partial charge in [-0.2, -0.15) is 0 Å². The number of carbonyl (C=O) groups is 1. The molecule has 0 aliphatic rings. The fraction of sp³-hybridized carbons (Fsp3) is 0.154. The Labute approximate surface area is 201 Å². The fourth-order valence-corrected chi connectivity index (χ4v) is 4.04. The molecule has 0 aliphatic carbocycles. The van der Waals surface area contributed by atoms with E-state index in [1.807, 2.05) is 48.5 Å². The zero-order valence-electron chi connectivity index (χ0n) is 19.0. The van der Waals surface area contributed by atoms with Gasteiger partial charge in [0.15, 0.2) is 0 Å². The highest BCUT2D eigenvalue weighted by Gasteiger charge is 2.15. The van der Waals surface area contributed by atoms with Crippen LogP contribution in [0.25, 0.3) is 10.6 Å². The second-order valence-corrected chi connectivity index (χ2v) is 8.08. The number of nitrogens with one attached hydrogen (secondary N) is 1. The molecule has 4 aromatic rings. The summed E-state index contributed by atoms with van der Waals surface area (Å²) in [4.78, 5) is 17.3. The zero-order valence-corrected chi connectivity index (χ0v) is 19.8. The molecule has 7 nitrogen and oxygen atoms in total. The molecule has 0 radical (unpaired) electrons. The third-order valence-electron chi connectivity index (χ3n) is 5.01. The molecule has 0 saturated heterocycles. The molecule has 0 saturated carbocycles. The highest BCUT2D eigenvalue weighted by atomic mass is 32.1. The van der Waals surface area contributed by atoms with Gasteiger partial charge in [0.05, 0.1) is 27.0 Å². The van der Waals surface area contributed by atoms with Gasteiger partial charge >= 0.3 is 0 Å². The van der Waals surface area contributed by atoms with Crippen LogP contribution in [-0.2, 0) is 6.61 Å². The van der Waals surface area contributed by atoms with Crippen molar-refractivity contribution in [3.63, 3.8) is 0 Å². The molecule has 1 aromatic heterocycles. The maximum atomic E-state index is 12.8. The van der Waals surface area contributed by atoms with E-state index in [2.05, 4.69) is 10.3 Å². The van der Waals surface area contributed by atoms with Gasteiger partial charge in [0.25, 0.3) is 5.91 Å². The number of ether oxygens (including phenoxy) is 4. The Balaban J connectivity index is 1.45. The molecule has 3 aromatic carbocycles. The van der Waals surface area contributed by atoms with Crippen molar-refractivity contribution in [3.05, 3.63) is 83.4 Å². The van der Waals surface area contributed by atoms with E-state index in [9.17, 15) is 4.79 Å². The second kappa shape index (κ2) is 10.7. The molecular weight excluding hydrogens is 452 g/mol. The number of amides is 1. The molecule has 0 spiro atoms. The number of rotatable bonds is 9. The van der Waals surface area contributed by atoms with Gasteiger partial charge in [-0.15, -0.1) is 11.3 Å². The van der Waals surface area contributed by atoms with Gasteiger partial charge in [0.1, 0.15) is 40.3 Å². The summed E-state index contributed by atoms with van der Waals surface area (Å²) in [6.45, 7) is 0.413. The van der Waals surface area contributed by atoms with E-state index in [1.54, 1.807) is 37.8 Å². The summed E-state index contributed by atoms with van der Waals surface area (Å²) in [5, 5.41) is 5.29. The molecule has 8 heteroatoms. The first kappa shape index (κ1) is 23.1. The van der Waals surface area contributed by atoms with Gasteiger partial charge in [-0.05, 0) is 42.0 Å². The van der Waals surface area contributed by atoms with Gasteiger partial charge in [-0.3, -0.25) is 4.79 Å². The first-order valence-corrected chi connectivity index (χ1v) is 11.3. The largest absolute Gasteiger partial charge is 0.497 e. The van der Waals surface area contributed by atoms with Gasteiger partial charge in [0, 0.05) is 17.0 Å². The summed E-state index contributed by atoms with van der Waals surface area (Å²) < 4.78 is 21.8. The Morgan fingerprint density at radius 2 is 1.65 bits per heavy atom. The Bertz CT molecular complexity index is 1290. The van der Waals surface area contributed by atoms with Crippen molar-refractivity contribution in [1.29, 1.82) is 0 Å². The topological polar surface area (TPSA) is 78.9 Å². The van der Waals surface area contributed by atoms with Crippen LogP contribution in [0, 0.1) is 0 Å². The van der Waals surface area contributed by atoms with Crippen molar-refractivity contribution in [2.45, 2.75) is 6.61 Å². The van der Waals surface area contributed by atoms with Gasteiger partial charge in [-0.25, -0.2) is 4.98 Å². The minimum absolute atomic E-state index is 0.320. The van der Waals surface area contributed by atoms with E-state index in [0.717, 1.165) is 21.9 Å². The summed E-state index contributed by atoms with van der Waals surface area (Å²) in [5.41, 5.74) is 2.73. The summed E-state index contributed by atoms with van der Waals surface area (Å²) in [5.74, 6) is 2.32. The van der Waals surface area contributed by atoms with Gasteiger partial charge < -0.3 is 24.3 Å². The van der Waals surface area contributed by atoms with Crippen molar-refractivity contribution < 1.29 is 23.7 Å². The van der Waals surface area contributed by atoms with Crippen LogP contribution in [0.4, 0.5) is 5.69 Å². The Morgan fingerprint density at radius 3 is 2.44 bits per heavy atom. The van der Waals surface area contributed by atoms with E-state index in [1.165, 1.54) is 18.4 Å². The standard InChI is InChI=1S/C26H24N2O5S/c1-30-19-8-4-6-17(12-19)15-33-21-9-5-7-18(13-21)26-28-23(16-34-26)25(29)27-22-11-10-20(31-2)14-24(22)32-3/h4-14,16H,15H2,1-3H3,(H,27,29). The number of carbonyl (C=O) groups excluding carboxylic acids is 1. The molecule has 0 bridgehead atoms. The molecule has 0 unspecified atom stereocenters. The van der Waals surface area contributed by atoms with Crippen LogP contribution in [0.2, 0.25) is 0 Å². The van der Waals surface area contributed by atoms with E-state index in [-0.39, 0.29) is 5.91 Å². The number of methoxy groups -OCH3 is 3. The maximum Gasteiger partial charge on any atom is 0.275 e. The number of benzene rings is 3. The van der Waals surface area contributed by atoms with Crippen molar-refractivity contribution in [2.75, 3.05) is 26.6 Å². The van der Waals surface area contributed by atoms with Crippen LogP contribution in [-0.4, -0.2) is 32.2 Å². The molecule has 34 heavy (non-hydrogen) atoms. The number of hydrogen-bond donors (Lipinski definition) is 1. The van der Waals surface area contributed by atoms with Crippen molar-refractivity contribution >= 4 is 22.9 Å². The minimum atomic E-state index is -0.323. The molecule has 174 valence electrons. The highest BCUT2D eigenvalue weighted by molar-refractivity contribution is 7.13. The number of hydrogen-bond acceptors (Lipinski definition) is 7. The first-order valence-electron chi connectivity index (χ1n) is 10.4. The van der Waals surface area contributed by atoms with E-state index in [0.29, 0.717) is 35.2 Å². The average Bonchev–Trinajstić information content (AvgIpc) is 3.39. The average molecular weight is 477 g/mol. The van der Waals surface area contributed by atoms with Crippen molar-refractivity contribution in [1.82, 2.24) is 4.98 Å². The lowest BCUT2D eigenvalue weighted by atomic mass is 10.2. The Morgan fingerprint density at radius 1 is 0.882 bits per heavy atom. The minimum Gasteiger partial charge on any atom is -0.497 e. The molecule has 1 heterocycles. The number of thiazole rings is 1. The Hall–Kier alpha value is -4.04. The predicted molar refractivity (Wildman–Crippen MR) is 132 cm³/mol. The van der Waals surface area contributed by atoms with Crippen LogP contribution in [0.3, 0.4) is 0 Å². The summed E-state index contributed by atoms with van der Waals surface area (Å²) >= 11 is 1.39. The van der Waals surface area contributed by atoms with Crippen LogP contribution >= 0.6 is 11.3 Å². The van der Waals surface area contributed by atoms with E-state index in [4.69, 9.17) is 18.9 Å². The molecule has 0 fully saturated rings. The van der Waals surface area contributed by atoms with Crippen LogP contribution in [0.5, 0.6) is 23.0 Å². The Kier molecular flexibility index (Phi) is 7.29. The predicted octanol–water partition coefficient (Wildman–Crippen LogP) is 5.67. The van der Waals surface area contributed by atoms with Crippen LogP contribution in [0.1, 0.15) is 16.1 Å². The monoisotopic (exact) mass is 476 g/mol. The summed E-state index contributed by atoms with van der Waals surface area (Å²) in [6.07, 6.45) is 0. The third kappa shape index (κ3) is 5.47. The zero-order chi connectivity index (χ0) is 23.9. The lowest BCUT2D eigenvalue weighted by Crippen LogP contribution is -2.13. The summed E-state index contributed by atoms with van der Waals surface area (Å²) in [6, 6.07) is 20.6. The lowest BCUT2D eigenvalue weighted by molar-refractivity contribution is 0.102. The molecule has 0 aliphatic heterocycles. The third-order valence-corrected chi connectivity index (χ3v) is 5.91. The number of nitrogens with zero attached hydrogens (tertiary/aromatic N) is 1. The van der Waals surface area contributed by atoms with E-state index >= 15 is 0 Å². The van der Waals surface area contributed by atoms with Crippen LogP contribution in [0.15, 0.2) is 72.1 Å². The van der Waals surface area contributed by atoms with E-state index < -0.39 is 0 Å². The summed E-state index contributed by atoms with van der Waals surface area (Å²) in [7, 11) is 4.75. The molecular formula is C26H24N2O5S. The second-order valence-electron chi connectivity index (χ2n) is 7.23. The highest BCUT2D eigenvalue weighted by Crippen LogP contribution is 2.31. The van der Waals surface area contributed by atoms with Crippen molar-refractivity contribution in [2.24, 2.45) is 0 Å². The molecule has 4 rings (SSSR count). The smallest absolute Gasteiger partial charge is 0.275 e. The van der Waals surface area contributed by atoms with Crippen molar-refractivity contribution in [3.8, 4) is 33.6 Å². The molecule has 1 N–H and O–H groups in total. The first-order chi connectivity index (χ1) is 16.6.